The summed E-state index contributed by atoms with van der Waals surface area (Å²) in [6, 6.07) is 17.2. The van der Waals surface area contributed by atoms with Crippen LogP contribution in [0.1, 0.15) is 69.3 Å². The molecule has 0 spiro atoms. The summed E-state index contributed by atoms with van der Waals surface area (Å²) in [6.07, 6.45) is 6.44. The first kappa shape index (κ1) is 23.6. The topological polar surface area (TPSA) is 81.4 Å². The monoisotopic (exact) mass is 508 g/mol. The van der Waals surface area contributed by atoms with E-state index < -0.39 is 0 Å². The average molecular weight is 509 g/mol. The number of hydrogen-bond acceptors (Lipinski definition) is 4. The summed E-state index contributed by atoms with van der Waals surface area (Å²) in [4.78, 5) is 14.0. The van der Waals surface area contributed by atoms with Gasteiger partial charge in [-0.25, -0.2) is 9.78 Å². The Labute approximate surface area is 223 Å². The van der Waals surface area contributed by atoms with E-state index in [1.165, 1.54) is 24.1 Å². The third-order valence-electron chi connectivity index (χ3n) is 10.1. The molecule has 0 saturated heterocycles. The summed E-state index contributed by atoms with van der Waals surface area (Å²) >= 11 is 0. The molecular weight excluding hydrogens is 472 g/mol. The maximum Gasteiger partial charge on any atom is 0.270 e. The molecule has 1 N–H and O–H groups in total. The molecule has 2 aromatic heterocycles. The molecule has 3 saturated carbocycles. The van der Waals surface area contributed by atoms with Crippen LogP contribution in [-0.4, -0.2) is 30.0 Å². The minimum Gasteiger partial charge on any atom is -0.286 e. The molecule has 4 atom stereocenters. The van der Waals surface area contributed by atoms with Crippen LogP contribution in [0, 0.1) is 23.2 Å². The molecule has 8 rings (SSSR count). The van der Waals surface area contributed by atoms with Crippen LogP contribution in [0.3, 0.4) is 0 Å². The first-order chi connectivity index (χ1) is 18.5. The van der Waals surface area contributed by atoms with Crippen LogP contribution in [0.5, 0.6) is 0 Å². The minimum absolute atomic E-state index is 0.259. The van der Waals surface area contributed by atoms with Gasteiger partial charge in [-0.2, -0.15) is 0 Å². The van der Waals surface area contributed by atoms with Crippen molar-refractivity contribution in [1.82, 2.24) is 30.0 Å². The van der Waals surface area contributed by atoms with Crippen LogP contribution in [0.2, 0.25) is 0 Å². The molecular formula is C31H36N6O. The van der Waals surface area contributed by atoms with Crippen molar-refractivity contribution in [3.05, 3.63) is 75.7 Å². The number of rotatable bonds is 6. The number of aromatic nitrogens is 6. The summed E-state index contributed by atoms with van der Waals surface area (Å²) in [5.74, 6) is 2.83. The molecule has 196 valence electrons. The van der Waals surface area contributed by atoms with Gasteiger partial charge in [-0.05, 0) is 76.0 Å². The lowest BCUT2D eigenvalue weighted by Crippen LogP contribution is -2.58. The second-order valence-electron chi connectivity index (χ2n) is 12.2. The Bertz CT molecular complexity index is 1530. The fourth-order valence-electron chi connectivity index (χ4n) is 8.01. The van der Waals surface area contributed by atoms with Crippen molar-refractivity contribution in [2.45, 2.75) is 71.9 Å². The second kappa shape index (κ2) is 8.79. The van der Waals surface area contributed by atoms with Gasteiger partial charge in [0.1, 0.15) is 0 Å². The van der Waals surface area contributed by atoms with Crippen molar-refractivity contribution >= 4 is 0 Å². The number of tetrazole rings is 1. The van der Waals surface area contributed by atoms with Gasteiger partial charge in [0.05, 0.1) is 6.04 Å². The van der Waals surface area contributed by atoms with Crippen LogP contribution in [-0.2, 0) is 19.4 Å². The molecule has 4 aliphatic rings. The molecule has 4 aromatic rings. The Kier molecular flexibility index (Phi) is 5.46. The van der Waals surface area contributed by atoms with Crippen LogP contribution in [0.4, 0.5) is 0 Å². The molecule has 1 aliphatic heterocycles. The predicted molar refractivity (Wildman–Crippen MR) is 148 cm³/mol. The lowest BCUT2D eigenvalue weighted by molar-refractivity contribution is -0.145. The Morgan fingerprint density at radius 3 is 2.55 bits per heavy atom. The van der Waals surface area contributed by atoms with E-state index in [1.807, 2.05) is 18.2 Å². The van der Waals surface area contributed by atoms with Gasteiger partial charge >= 0.3 is 0 Å². The third-order valence-corrected chi connectivity index (χ3v) is 10.1. The van der Waals surface area contributed by atoms with Crippen molar-refractivity contribution < 1.29 is 0 Å². The lowest BCUT2D eigenvalue weighted by Gasteiger charge is -2.63. The van der Waals surface area contributed by atoms with Crippen LogP contribution >= 0.6 is 0 Å². The van der Waals surface area contributed by atoms with E-state index in [2.05, 4.69) is 81.1 Å². The van der Waals surface area contributed by atoms with Crippen molar-refractivity contribution in [1.29, 1.82) is 0 Å². The van der Waals surface area contributed by atoms with Crippen molar-refractivity contribution in [2.75, 3.05) is 0 Å². The molecule has 7 nitrogen and oxygen atoms in total. The van der Waals surface area contributed by atoms with Gasteiger partial charge in [-0.3, -0.25) is 9.48 Å². The first-order valence-electron chi connectivity index (χ1n) is 14.2. The van der Waals surface area contributed by atoms with Crippen molar-refractivity contribution in [3.63, 3.8) is 0 Å². The third kappa shape index (κ3) is 3.47. The van der Waals surface area contributed by atoms with Gasteiger partial charge in [0.15, 0.2) is 5.82 Å². The van der Waals surface area contributed by atoms with E-state index in [0.29, 0.717) is 29.6 Å². The van der Waals surface area contributed by atoms with Crippen molar-refractivity contribution in [2.24, 2.45) is 23.2 Å². The predicted octanol–water partition coefficient (Wildman–Crippen LogP) is 5.67. The molecule has 3 fully saturated rings. The maximum atomic E-state index is 14.0. The summed E-state index contributed by atoms with van der Waals surface area (Å²) < 4.78 is 4.59. The largest absolute Gasteiger partial charge is 0.286 e. The molecule has 38 heavy (non-hydrogen) atoms. The van der Waals surface area contributed by atoms with Gasteiger partial charge in [-0.1, -0.05) is 75.7 Å². The molecule has 0 amide bonds. The van der Waals surface area contributed by atoms with Crippen molar-refractivity contribution in [3.8, 4) is 22.5 Å². The van der Waals surface area contributed by atoms with Crippen LogP contribution < -0.4 is 5.56 Å². The number of aromatic amines is 1. The molecule has 3 aliphatic carbocycles. The van der Waals surface area contributed by atoms with Gasteiger partial charge in [0.2, 0.25) is 0 Å². The average Bonchev–Trinajstić information content (AvgIpc) is 3.57. The van der Waals surface area contributed by atoms with E-state index in [4.69, 9.17) is 0 Å². The highest BCUT2D eigenvalue weighted by Crippen LogP contribution is 2.65. The highest BCUT2D eigenvalue weighted by atomic mass is 16.1. The molecule has 2 bridgehead atoms. The van der Waals surface area contributed by atoms with Gasteiger partial charge in [-0.15, -0.1) is 5.10 Å². The zero-order valence-electron chi connectivity index (χ0n) is 22.5. The zero-order valence-corrected chi connectivity index (χ0v) is 22.5. The number of nitrogens with zero attached hydrogens (tertiary/aromatic N) is 5. The molecule has 3 heterocycles. The minimum atomic E-state index is 0.259. The Balaban J connectivity index is 1.21. The summed E-state index contributed by atoms with van der Waals surface area (Å²) in [5.41, 5.74) is 7.30. The van der Waals surface area contributed by atoms with E-state index in [0.717, 1.165) is 59.9 Å². The summed E-state index contributed by atoms with van der Waals surface area (Å²) in [7, 11) is 0. The Morgan fingerprint density at radius 1 is 1.05 bits per heavy atom. The molecule has 0 radical (unpaired) electrons. The van der Waals surface area contributed by atoms with Crippen LogP contribution in [0.15, 0.2) is 53.3 Å². The van der Waals surface area contributed by atoms with Gasteiger partial charge < -0.3 is 0 Å². The van der Waals surface area contributed by atoms with Gasteiger partial charge in [0, 0.05) is 29.8 Å². The highest BCUT2D eigenvalue weighted by molar-refractivity contribution is 5.80. The Hall–Kier alpha value is -3.48. The molecule has 2 aromatic carbocycles. The quantitative estimate of drug-likeness (QED) is 0.364. The standard InChI is InChI=1S/C31H36N6O/c1-4-7-27-25(30(38)37-28-18-21-17-26(31(21,2)3)24(28)14-15-36(27)37)16-19-10-12-20(13-11-19)22-8-5-6-9-23(22)29-32-34-35-33-29/h5-6,8-13,21,24,26,28H,4,7,14-18H2,1-3H3,(H,32,33,34,35). The van der Waals surface area contributed by atoms with Crippen LogP contribution in [0.25, 0.3) is 22.5 Å². The zero-order chi connectivity index (χ0) is 26.0. The summed E-state index contributed by atoms with van der Waals surface area (Å²) in [6.45, 7) is 8.11. The Morgan fingerprint density at radius 2 is 1.84 bits per heavy atom. The molecule has 7 heteroatoms. The summed E-state index contributed by atoms with van der Waals surface area (Å²) in [5, 5.41) is 14.5. The highest BCUT2D eigenvalue weighted by Gasteiger charge is 2.59. The fraction of sp³-hybridized carbons (Fsp3) is 0.484. The number of nitrogens with one attached hydrogen (secondary N) is 1. The van der Waals surface area contributed by atoms with E-state index in [9.17, 15) is 4.79 Å². The lowest BCUT2D eigenvalue weighted by atomic mass is 9.44. The number of fused-ring (bicyclic) bond motifs is 1. The SMILES string of the molecule is CCCc1c(Cc2ccc(-c3ccccc3-c3nnn[nH]3)cc2)c(=O)n2n1CCC1C2CC2CC1C2(C)C. The van der Waals surface area contributed by atoms with E-state index in [1.54, 1.807) is 0 Å². The maximum absolute atomic E-state index is 14.0. The van der Waals surface area contributed by atoms with E-state index in [-0.39, 0.29) is 5.56 Å². The number of benzene rings is 2. The number of hydrogen-bond donors (Lipinski definition) is 1. The molecule has 4 unspecified atom stereocenters. The van der Waals surface area contributed by atoms with E-state index >= 15 is 0 Å². The first-order valence-corrected chi connectivity index (χ1v) is 14.2. The number of H-pyrrole nitrogens is 1. The second-order valence-corrected chi connectivity index (χ2v) is 12.2. The fourth-order valence-corrected chi connectivity index (χ4v) is 8.01. The smallest absolute Gasteiger partial charge is 0.270 e. The normalized spacial score (nSPS) is 24.9. The van der Waals surface area contributed by atoms with Gasteiger partial charge in [0.25, 0.3) is 5.56 Å².